The van der Waals surface area contributed by atoms with E-state index in [1.165, 1.54) is 0 Å². The number of nitrogens with one attached hydrogen (secondary N) is 1. The van der Waals surface area contributed by atoms with Gasteiger partial charge in [0.25, 0.3) is 5.91 Å². The molecule has 7 nitrogen and oxygen atoms in total. The van der Waals surface area contributed by atoms with E-state index in [0.717, 1.165) is 5.69 Å². The standard InChI is InChI=1S/C13H15N5O2/c14-12-3-1-2-9(16-12)11-8-18(6-7-20-11)13(19)10-4-5-15-17-10/h1-5,11H,6-8H2,(H2,14,16)(H,15,17)/t11-/m1/s1. The number of carbonyl (C=O) groups is 1. The fourth-order valence-corrected chi connectivity index (χ4v) is 2.21. The predicted molar refractivity (Wildman–Crippen MR) is 71.8 cm³/mol. The first-order chi connectivity index (χ1) is 9.74. The van der Waals surface area contributed by atoms with Crippen LogP contribution in [0.1, 0.15) is 22.3 Å². The molecule has 0 aromatic carbocycles. The normalized spacial score (nSPS) is 19.0. The summed E-state index contributed by atoms with van der Waals surface area (Å²) >= 11 is 0. The number of nitrogens with two attached hydrogens (primary N) is 1. The van der Waals surface area contributed by atoms with Crippen LogP contribution in [0.3, 0.4) is 0 Å². The van der Waals surface area contributed by atoms with E-state index in [-0.39, 0.29) is 12.0 Å². The van der Waals surface area contributed by atoms with E-state index < -0.39 is 0 Å². The Bertz CT molecular complexity index is 599. The molecule has 1 aliphatic heterocycles. The summed E-state index contributed by atoms with van der Waals surface area (Å²) in [6, 6.07) is 7.06. The fourth-order valence-electron chi connectivity index (χ4n) is 2.21. The number of hydrogen-bond donors (Lipinski definition) is 2. The minimum atomic E-state index is -0.251. The summed E-state index contributed by atoms with van der Waals surface area (Å²) in [7, 11) is 0. The van der Waals surface area contributed by atoms with Gasteiger partial charge in [-0.05, 0) is 18.2 Å². The second kappa shape index (κ2) is 5.30. The van der Waals surface area contributed by atoms with Crippen LogP contribution < -0.4 is 5.73 Å². The van der Waals surface area contributed by atoms with Crippen LogP contribution in [0.25, 0.3) is 0 Å². The van der Waals surface area contributed by atoms with Crippen molar-refractivity contribution in [2.24, 2.45) is 0 Å². The highest BCUT2D eigenvalue weighted by molar-refractivity contribution is 5.92. The Balaban J connectivity index is 1.75. The number of nitrogens with zero attached hydrogens (tertiary/aromatic N) is 3. The van der Waals surface area contributed by atoms with Gasteiger partial charge in [-0.1, -0.05) is 6.07 Å². The highest BCUT2D eigenvalue weighted by Crippen LogP contribution is 2.22. The molecule has 2 aromatic heterocycles. The molecule has 0 radical (unpaired) electrons. The van der Waals surface area contributed by atoms with Gasteiger partial charge in [-0.3, -0.25) is 9.89 Å². The number of amides is 1. The summed E-state index contributed by atoms with van der Waals surface area (Å²) in [4.78, 5) is 18.2. The number of aromatic nitrogens is 3. The Morgan fingerprint density at radius 1 is 1.45 bits per heavy atom. The van der Waals surface area contributed by atoms with E-state index in [1.54, 1.807) is 23.2 Å². The van der Waals surface area contributed by atoms with Gasteiger partial charge in [-0.15, -0.1) is 0 Å². The molecule has 3 rings (SSSR count). The van der Waals surface area contributed by atoms with E-state index >= 15 is 0 Å². The predicted octanol–water partition coefficient (Wildman–Crippen LogP) is 0.601. The number of rotatable bonds is 2. The molecule has 1 fully saturated rings. The summed E-state index contributed by atoms with van der Waals surface area (Å²) in [6.07, 6.45) is 1.31. The van der Waals surface area contributed by atoms with Crippen LogP contribution in [-0.2, 0) is 4.74 Å². The third kappa shape index (κ3) is 2.48. The minimum absolute atomic E-state index is 0.0836. The SMILES string of the molecule is Nc1cccc([C@H]2CN(C(=O)c3ccn[nH]3)CCO2)n1. The number of H-pyrrole nitrogens is 1. The first-order valence-electron chi connectivity index (χ1n) is 6.37. The number of morpholine rings is 1. The van der Waals surface area contributed by atoms with Crippen LogP contribution >= 0.6 is 0 Å². The van der Waals surface area contributed by atoms with Gasteiger partial charge in [-0.25, -0.2) is 4.98 Å². The number of carbonyl (C=O) groups excluding carboxylic acids is 1. The molecule has 1 amide bonds. The highest BCUT2D eigenvalue weighted by atomic mass is 16.5. The van der Waals surface area contributed by atoms with Crippen molar-refractivity contribution in [3.05, 3.63) is 41.9 Å². The topological polar surface area (TPSA) is 97.1 Å². The molecule has 104 valence electrons. The molecule has 1 atom stereocenters. The molecule has 1 saturated heterocycles. The lowest BCUT2D eigenvalue weighted by Crippen LogP contribution is -2.42. The Labute approximate surface area is 115 Å². The smallest absolute Gasteiger partial charge is 0.272 e. The zero-order chi connectivity index (χ0) is 13.9. The molecule has 3 N–H and O–H groups in total. The molecule has 0 saturated carbocycles. The molecule has 20 heavy (non-hydrogen) atoms. The average Bonchev–Trinajstić information content (AvgIpc) is 3.01. The van der Waals surface area contributed by atoms with E-state index in [2.05, 4.69) is 15.2 Å². The van der Waals surface area contributed by atoms with Crippen molar-refractivity contribution >= 4 is 11.7 Å². The van der Waals surface area contributed by atoms with Crippen molar-refractivity contribution in [3.63, 3.8) is 0 Å². The maximum atomic E-state index is 12.3. The maximum absolute atomic E-state index is 12.3. The fraction of sp³-hybridized carbons (Fsp3) is 0.308. The summed E-state index contributed by atoms with van der Waals surface area (Å²) in [6.45, 7) is 1.48. The van der Waals surface area contributed by atoms with E-state index in [4.69, 9.17) is 10.5 Å². The number of pyridine rings is 1. The van der Waals surface area contributed by atoms with Gasteiger partial charge in [0.15, 0.2) is 0 Å². The van der Waals surface area contributed by atoms with E-state index in [0.29, 0.717) is 31.2 Å². The first-order valence-corrected chi connectivity index (χ1v) is 6.37. The molecule has 2 aromatic rings. The summed E-state index contributed by atoms with van der Waals surface area (Å²) in [5.74, 6) is 0.364. The summed E-state index contributed by atoms with van der Waals surface area (Å²) in [5, 5.41) is 6.47. The Kier molecular flexibility index (Phi) is 3.34. The Morgan fingerprint density at radius 2 is 2.35 bits per heavy atom. The Hall–Kier alpha value is -2.41. The monoisotopic (exact) mass is 273 g/mol. The molecule has 3 heterocycles. The third-order valence-electron chi connectivity index (χ3n) is 3.21. The molecule has 1 aliphatic rings. The largest absolute Gasteiger partial charge is 0.384 e. The molecule has 0 bridgehead atoms. The van der Waals surface area contributed by atoms with Crippen molar-refractivity contribution in [2.75, 3.05) is 25.4 Å². The zero-order valence-corrected chi connectivity index (χ0v) is 10.8. The van der Waals surface area contributed by atoms with Crippen LogP contribution in [-0.4, -0.2) is 45.7 Å². The van der Waals surface area contributed by atoms with Crippen LogP contribution in [0.5, 0.6) is 0 Å². The van der Waals surface area contributed by atoms with E-state index in [1.807, 2.05) is 12.1 Å². The van der Waals surface area contributed by atoms with Crippen molar-refractivity contribution in [1.82, 2.24) is 20.1 Å². The van der Waals surface area contributed by atoms with Gasteiger partial charge in [0.05, 0.1) is 18.8 Å². The van der Waals surface area contributed by atoms with Crippen molar-refractivity contribution < 1.29 is 9.53 Å². The quantitative estimate of drug-likeness (QED) is 0.835. The van der Waals surface area contributed by atoms with E-state index in [9.17, 15) is 4.79 Å². The van der Waals surface area contributed by atoms with Gasteiger partial charge in [-0.2, -0.15) is 5.10 Å². The number of anilines is 1. The molecular weight excluding hydrogens is 258 g/mol. The molecule has 0 spiro atoms. The van der Waals surface area contributed by atoms with Gasteiger partial charge in [0.1, 0.15) is 17.6 Å². The number of hydrogen-bond acceptors (Lipinski definition) is 5. The van der Waals surface area contributed by atoms with Crippen molar-refractivity contribution in [2.45, 2.75) is 6.10 Å². The third-order valence-corrected chi connectivity index (χ3v) is 3.21. The Morgan fingerprint density at radius 3 is 3.10 bits per heavy atom. The molecule has 0 unspecified atom stereocenters. The zero-order valence-electron chi connectivity index (χ0n) is 10.8. The number of nitrogen functional groups attached to an aromatic ring is 1. The minimum Gasteiger partial charge on any atom is -0.384 e. The number of ether oxygens (including phenoxy) is 1. The molecular formula is C13H15N5O2. The van der Waals surface area contributed by atoms with Gasteiger partial charge in [0.2, 0.25) is 0 Å². The lowest BCUT2D eigenvalue weighted by molar-refractivity contribution is -0.0248. The maximum Gasteiger partial charge on any atom is 0.272 e. The highest BCUT2D eigenvalue weighted by Gasteiger charge is 2.27. The number of aromatic amines is 1. The van der Waals surface area contributed by atoms with Gasteiger partial charge in [0, 0.05) is 12.7 Å². The van der Waals surface area contributed by atoms with Crippen LogP contribution in [0.2, 0.25) is 0 Å². The first kappa shape index (κ1) is 12.6. The van der Waals surface area contributed by atoms with Crippen molar-refractivity contribution in [3.8, 4) is 0 Å². The second-order valence-corrected chi connectivity index (χ2v) is 4.57. The average molecular weight is 273 g/mol. The lowest BCUT2D eigenvalue weighted by atomic mass is 10.1. The second-order valence-electron chi connectivity index (χ2n) is 4.57. The van der Waals surface area contributed by atoms with Crippen LogP contribution in [0.15, 0.2) is 30.5 Å². The summed E-state index contributed by atoms with van der Waals surface area (Å²) in [5.41, 5.74) is 6.90. The lowest BCUT2D eigenvalue weighted by Gasteiger charge is -2.32. The van der Waals surface area contributed by atoms with Gasteiger partial charge >= 0.3 is 0 Å². The molecule has 7 heteroatoms. The van der Waals surface area contributed by atoms with Gasteiger partial charge < -0.3 is 15.4 Å². The molecule has 0 aliphatic carbocycles. The van der Waals surface area contributed by atoms with Crippen LogP contribution in [0.4, 0.5) is 5.82 Å². The van der Waals surface area contributed by atoms with Crippen molar-refractivity contribution in [1.29, 1.82) is 0 Å². The van der Waals surface area contributed by atoms with Crippen LogP contribution in [0, 0.1) is 0 Å². The summed E-state index contributed by atoms with van der Waals surface area (Å²) < 4.78 is 5.68.